The highest BCUT2D eigenvalue weighted by molar-refractivity contribution is 5.98. The normalized spacial score (nSPS) is 12.6. The van der Waals surface area contributed by atoms with Gasteiger partial charge in [-0.2, -0.15) is 0 Å². The fourth-order valence-electron chi connectivity index (χ4n) is 1.50. The fraction of sp³-hybridized carbons (Fsp3) is 0.429. The maximum absolute atomic E-state index is 11.9. The Morgan fingerprint density at radius 1 is 1.26 bits per heavy atom. The van der Waals surface area contributed by atoms with E-state index >= 15 is 0 Å². The molecule has 0 fully saturated rings. The van der Waals surface area contributed by atoms with Crippen molar-refractivity contribution in [1.82, 2.24) is 10.6 Å². The Labute approximate surface area is 113 Å². The van der Waals surface area contributed by atoms with Gasteiger partial charge in [0.25, 0.3) is 5.91 Å². The summed E-state index contributed by atoms with van der Waals surface area (Å²) in [6, 6.07) is 6.02. The lowest BCUT2D eigenvalue weighted by atomic mass is 10.1. The SMILES string of the molecule is CC(NC(=O)c1cccc(N)c1)C(=O)NC(C)(C)C. The van der Waals surface area contributed by atoms with E-state index in [0.717, 1.165) is 0 Å². The van der Waals surface area contributed by atoms with E-state index in [0.29, 0.717) is 11.3 Å². The quantitative estimate of drug-likeness (QED) is 0.719. The first-order valence-corrected chi connectivity index (χ1v) is 6.17. The Hall–Kier alpha value is -2.04. The van der Waals surface area contributed by atoms with E-state index in [9.17, 15) is 9.59 Å². The topological polar surface area (TPSA) is 84.2 Å². The molecule has 1 aromatic carbocycles. The molecular formula is C14H21N3O2. The molecule has 4 N–H and O–H groups in total. The van der Waals surface area contributed by atoms with Crippen molar-refractivity contribution in [2.45, 2.75) is 39.3 Å². The van der Waals surface area contributed by atoms with Crippen molar-refractivity contribution < 1.29 is 9.59 Å². The summed E-state index contributed by atoms with van der Waals surface area (Å²) >= 11 is 0. The molecule has 1 atom stereocenters. The minimum Gasteiger partial charge on any atom is -0.399 e. The van der Waals surface area contributed by atoms with E-state index in [4.69, 9.17) is 5.73 Å². The molecule has 0 bridgehead atoms. The summed E-state index contributed by atoms with van der Waals surface area (Å²) in [7, 11) is 0. The second kappa shape index (κ2) is 5.73. The van der Waals surface area contributed by atoms with Crippen molar-refractivity contribution in [3.63, 3.8) is 0 Å². The van der Waals surface area contributed by atoms with Gasteiger partial charge in [-0.1, -0.05) is 6.07 Å². The molecule has 0 radical (unpaired) electrons. The molecule has 1 unspecified atom stereocenters. The zero-order valence-corrected chi connectivity index (χ0v) is 11.8. The number of nitrogens with two attached hydrogens (primary N) is 1. The lowest BCUT2D eigenvalue weighted by molar-refractivity contribution is -0.124. The van der Waals surface area contributed by atoms with E-state index in [2.05, 4.69) is 10.6 Å². The van der Waals surface area contributed by atoms with Gasteiger partial charge in [0.2, 0.25) is 5.91 Å². The minimum atomic E-state index is -0.604. The first-order valence-electron chi connectivity index (χ1n) is 6.17. The van der Waals surface area contributed by atoms with Crippen molar-refractivity contribution >= 4 is 17.5 Å². The van der Waals surface area contributed by atoms with Gasteiger partial charge in [-0.05, 0) is 45.9 Å². The molecule has 0 spiro atoms. The van der Waals surface area contributed by atoms with Gasteiger partial charge in [-0.25, -0.2) is 0 Å². The Kier molecular flexibility index (Phi) is 4.53. The molecule has 1 rings (SSSR count). The molecule has 5 nitrogen and oxygen atoms in total. The molecule has 2 amide bonds. The Balaban J connectivity index is 2.64. The van der Waals surface area contributed by atoms with Crippen LogP contribution in [0.4, 0.5) is 5.69 Å². The largest absolute Gasteiger partial charge is 0.399 e. The molecule has 0 saturated heterocycles. The predicted molar refractivity (Wildman–Crippen MR) is 75.7 cm³/mol. The van der Waals surface area contributed by atoms with Crippen LogP contribution in [0, 0.1) is 0 Å². The summed E-state index contributed by atoms with van der Waals surface area (Å²) in [6.07, 6.45) is 0. The van der Waals surface area contributed by atoms with Crippen molar-refractivity contribution in [3.8, 4) is 0 Å². The molecule has 5 heteroatoms. The lowest BCUT2D eigenvalue weighted by Crippen LogP contribution is -2.50. The third-order valence-electron chi connectivity index (χ3n) is 2.39. The molecule has 0 aliphatic rings. The number of rotatable bonds is 3. The lowest BCUT2D eigenvalue weighted by Gasteiger charge is -2.23. The Morgan fingerprint density at radius 2 is 1.89 bits per heavy atom. The number of nitrogens with one attached hydrogen (secondary N) is 2. The smallest absolute Gasteiger partial charge is 0.251 e. The van der Waals surface area contributed by atoms with Crippen molar-refractivity contribution in [3.05, 3.63) is 29.8 Å². The van der Waals surface area contributed by atoms with Gasteiger partial charge in [0, 0.05) is 16.8 Å². The molecule has 0 aromatic heterocycles. The first-order chi connectivity index (χ1) is 8.69. The van der Waals surface area contributed by atoms with Crippen molar-refractivity contribution in [2.24, 2.45) is 0 Å². The zero-order chi connectivity index (χ0) is 14.6. The van der Waals surface area contributed by atoms with Crippen LogP contribution in [0.5, 0.6) is 0 Å². The van der Waals surface area contributed by atoms with Crippen LogP contribution in [0.25, 0.3) is 0 Å². The van der Waals surface area contributed by atoms with Crippen LogP contribution in [-0.4, -0.2) is 23.4 Å². The van der Waals surface area contributed by atoms with E-state index in [-0.39, 0.29) is 17.4 Å². The summed E-state index contributed by atoms with van der Waals surface area (Å²) in [5, 5.41) is 5.45. The molecule has 0 aliphatic heterocycles. The molecular weight excluding hydrogens is 242 g/mol. The van der Waals surface area contributed by atoms with E-state index in [1.54, 1.807) is 31.2 Å². The van der Waals surface area contributed by atoms with Gasteiger partial charge in [0.05, 0.1) is 0 Å². The number of anilines is 1. The summed E-state index contributed by atoms with van der Waals surface area (Å²) < 4.78 is 0. The van der Waals surface area contributed by atoms with Gasteiger partial charge >= 0.3 is 0 Å². The van der Waals surface area contributed by atoms with Gasteiger partial charge in [0.15, 0.2) is 0 Å². The maximum atomic E-state index is 11.9. The second-order valence-corrected chi connectivity index (χ2v) is 5.56. The summed E-state index contributed by atoms with van der Waals surface area (Å²) in [5.74, 6) is -0.534. The monoisotopic (exact) mass is 263 g/mol. The van der Waals surface area contributed by atoms with E-state index < -0.39 is 6.04 Å². The molecule has 104 valence electrons. The fourth-order valence-corrected chi connectivity index (χ4v) is 1.50. The molecule has 1 aromatic rings. The first kappa shape index (κ1) is 15.0. The Morgan fingerprint density at radius 3 is 2.42 bits per heavy atom. The third kappa shape index (κ3) is 4.99. The van der Waals surface area contributed by atoms with Crippen LogP contribution >= 0.6 is 0 Å². The number of benzene rings is 1. The van der Waals surface area contributed by atoms with Crippen LogP contribution in [0.3, 0.4) is 0 Å². The highest BCUT2D eigenvalue weighted by Gasteiger charge is 2.21. The van der Waals surface area contributed by atoms with Gasteiger partial charge in [0.1, 0.15) is 6.04 Å². The summed E-state index contributed by atoms with van der Waals surface area (Å²) in [4.78, 5) is 23.8. The predicted octanol–water partition coefficient (Wildman–Crippen LogP) is 1.30. The van der Waals surface area contributed by atoms with E-state index in [1.807, 2.05) is 20.8 Å². The van der Waals surface area contributed by atoms with Crippen molar-refractivity contribution in [2.75, 3.05) is 5.73 Å². The average molecular weight is 263 g/mol. The summed E-state index contributed by atoms with van der Waals surface area (Å²) in [6.45, 7) is 7.30. The highest BCUT2D eigenvalue weighted by atomic mass is 16.2. The van der Waals surface area contributed by atoms with Crippen molar-refractivity contribution in [1.29, 1.82) is 0 Å². The number of carbonyl (C=O) groups is 2. The Bertz CT molecular complexity index is 478. The third-order valence-corrected chi connectivity index (χ3v) is 2.39. The van der Waals surface area contributed by atoms with Crippen LogP contribution in [-0.2, 0) is 4.79 Å². The zero-order valence-electron chi connectivity index (χ0n) is 11.8. The van der Waals surface area contributed by atoms with Gasteiger partial charge in [-0.3, -0.25) is 9.59 Å². The van der Waals surface area contributed by atoms with Crippen LogP contribution < -0.4 is 16.4 Å². The molecule has 19 heavy (non-hydrogen) atoms. The number of hydrogen-bond acceptors (Lipinski definition) is 3. The van der Waals surface area contributed by atoms with Gasteiger partial charge < -0.3 is 16.4 Å². The minimum absolute atomic E-state index is 0.218. The highest BCUT2D eigenvalue weighted by Crippen LogP contribution is 2.07. The molecule has 0 saturated carbocycles. The summed E-state index contributed by atoms with van der Waals surface area (Å²) in [5.41, 5.74) is 6.24. The standard InChI is InChI=1S/C14H21N3O2/c1-9(12(18)17-14(2,3)4)16-13(19)10-6-5-7-11(15)8-10/h5-9H,15H2,1-4H3,(H,16,19)(H,17,18). The average Bonchev–Trinajstić information content (AvgIpc) is 2.26. The molecule has 0 heterocycles. The van der Waals surface area contributed by atoms with Crippen LogP contribution in [0.15, 0.2) is 24.3 Å². The van der Waals surface area contributed by atoms with Crippen LogP contribution in [0.1, 0.15) is 38.1 Å². The maximum Gasteiger partial charge on any atom is 0.251 e. The molecule has 0 aliphatic carbocycles. The number of nitrogen functional groups attached to an aromatic ring is 1. The number of amides is 2. The van der Waals surface area contributed by atoms with E-state index in [1.165, 1.54) is 0 Å². The number of hydrogen-bond donors (Lipinski definition) is 3. The second-order valence-electron chi connectivity index (χ2n) is 5.56. The van der Waals surface area contributed by atoms with Gasteiger partial charge in [-0.15, -0.1) is 0 Å². The number of carbonyl (C=O) groups excluding carboxylic acids is 2. The van der Waals surface area contributed by atoms with Crippen LogP contribution in [0.2, 0.25) is 0 Å².